The summed E-state index contributed by atoms with van der Waals surface area (Å²) >= 11 is 0. The number of aromatic amines is 1. The second-order valence-electron chi connectivity index (χ2n) is 7.82. The van der Waals surface area contributed by atoms with E-state index in [2.05, 4.69) is 15.2 Å². The number of H-pyrrole nitrogens is 1. The molecule has 1 fully saturated rings. The number of fused-ring (bicyclic) bond motifs is 1. The van der Waals surface area contributed by atoms with Crippen molar-refractivity contribution in [3.63, 3.8) is 0 Å². The predicted octanol–water partition coefficient (Wildman–Crippen LogP) is 2.14. The first-order valence-electron chi connectivity index (χ1n) is 10.4. The van der Waals surface area contributed by atoms with Crippen molar-refractivity contribution >= 4 is 5.91 Å². The van der Waals surface area contributed by atoms with Crippen LogP contribution in [-0.4, -0.2) is 47.0 Å². The maximum atomic E-state index is 12.6. The Balaban J connectivity index is 1.39. The fraction of sp³-hybridized carbons (Fsp3) is 0.500. The Labute approximate surface area is 165 Å². The van der Waals surface area contributed by atoms with Gasteiger partial charge in [-0.3, -0.25) is 9.59 Å². The van der Waals surface area contributed by atoms with Gasteiger partial charge in [-0.2, -0.15) is 0 Å². The number of aromatic nitrogens is 2. The van der Waals surface area contributed by atoms with Crippen molar-refractivity contribution in [2.24, 2.45) is 5.92 Å². The molecule has 1 aliphatic carbocycles. The topological polar surface area (TPSA) is 78.1 Å². The van der Waals surface area contributed by atoms with E-state index < -0.39 is 0 Å². The number of nitrogens with zero attached hydrogens (tertiary/aromatic N) is 2. The normalized spacial score (nSPS) is 19.8. The van der Waals surface area contributed by atoms with Gasteiger partial charge in [-0.25, -0.2) is 4.98 Å². The van der Waals surface area contributed by atoms with E-state index in [9.17, 15) is 9.59 Å². The zero-order valence-corrected chi connectivity index (χ0v) is 16.2. The number of nitrogens with one attached hydrogen (secondary N) is 2. The van der Waals surface area contributed by atoms with Crippen LogP contribution >= 0.6 is 0 Å². The molecule has 2 heterocycles. The van der Waals surface area contributed by atoms with E-state index in [4.69, 9.17) is 4.98 Å². The molecule has 4 rings (SSSR count). The minimum absolute atomic E-state index is 0.0487. The van der Waals surface area contributed by atoms with E-state index in [-0.39, 0.29) is 17.4 Å². The Morgan fingerprint density at radius 1 is 1.14 bits per heavy atom. The number of hydrogen-bond donors (Lipinski definition) is 2. The molecule has 1 saturated heterocycles. The van der Waals surface area contributed by atoms with E-state index in [1.807, 2.05) is 30.3 Å². The number of carbonyl (C=O) groups is 1. The Hall–Kier alpha value is -2.47. The number of amides is 1. The van der Waals surface area contributed by atoms with Crippen molar-refractivity contribution in [1.29, 1.82) is 0 Å². The number of hydrogen-bond acceptors (Lipinski definition) is 4. The van der Waals surface area contributed by atoms with Crippen LogP contribution in [0.15, 0.2) is 35.1 Å². The van der Waals surface area contributed by atoms with Gasteiger partial charge in [0.05, 0.1) is 5.69 Å². The number of aryl methyl sites for hydroxylation is 1. The summed E-state index contributed by atoms with van der Waals surface area (Å²) in [6, 6.07) is 9.70. The molecular weight excluding hydrogens is 352 g/mol. The van der Waals surface area contributed by atoms with Crippen LogP contribution in [0.25, 0.3) is 11.4 Å². The number of likely N-dealkylation sites (tertiary alicyclic amines) is 1. The van der Waals surface area contributed by atoms with E-state index in [1.54, 1.807) is 0 Å². The van der Waals surface area contributed by atoms with Crippen LogP contribution in [0.2, 0.25) is 0 Å². The standard InChI is InChI=1S/C22H28N4O2/c27-21(23-12-15-26-13-4-5-14-26)17-8-10-18-19(11-9-17)24-20(25-22(18)28)16-6-2-1-3-7-16/h1-3,6-7,17H,4-5,8-15H2,(H,23,27)(H,24,25,28). The highest BCUT2D eigenvalue weighted by Gasteiger charge is 2.25. The molecular formula is C22H28N4O2. The molecule has 6 heteroatoms. The molecule has 1 atom stereocenters. The van der Waals surface area contributed by atoms with Crippen molar-refractivity contribution < 1.29 is 4.79 Å². The molecule has 1 aromatic carbocycles. The molecule has 0 bridgehead atoms. The van der Waals surface area contributed by atoms with Gasteiger partial charge in [0.2, 0.25) is 5.91 Å². The first kappa shape index (κ1) is 18.9. The summed E-state index contributed by atoms with van der Waals surface area (Å²) < 4.78 is 0. The van der Waals surface area contributed by atoms with Gasteiger partial charge in [0.25, 0.3) is 5.56 Å². The van der Waals surface area contributed by atoms with Crippen molar-refractivity contribution in [2.75, 3.05) is 26.2 Å². The first-order chi connectivity index (χ1) is 13.7. The molecule has 1 aromatic heterocycles. The predicted molar refractivity (Wildman–Crippen MR) is 109 cm³/mol. The monoisotopic (exact) mass is 380 g/mol. The van der Waals surface area contributed by atoms with Crippen molar-refractivity contribution in [1.82, 2.24) is 20.2 Å². The molecule has 1 amide bonds. The quantitative estimate of drug-likeness (QED) is 0.779. The Morgan fingerprint density at radius 3 is 2.68 bits per heavy atom. The van der Waals surface area contributed by atoms with Crippen LogP contribution < -0.4 is 10.9 Å². The SMILES string of the molecule is O=C(NCCN1CCCC1)C1CCc2nc(-c3ccccc3)[nH]c(=O)c2CC1. The summed E-state index contributed by atoms with van der Waals surface area (Å²) in [7, 11) is 0. The molecule has 2 N–H and O–H groups in total. The molecule has 2 aliphatic rings. The van der Waals surface area contributed by atoms with Crippen LogP contribution in [0.5, 0.6) is 0 Å². The van der Waals surface area contributed by atoms with Gasteiger partial charge < -0.3 is 15.2 Å². The highest BCUT2D eigenvalue weighted by atomic mass is 16.2. The van der Waals surface area contributed by atoms with Gasteiger partial charge in [-0.1, -0.05) is 30.3 Å². The average molecular weight is 380 g/mol. The zero-order chi connectivity index (χ0) is 19.3. The van der Waals surface area contributed by atoms with Gasteiger partial charge in [0.15, 0.2) is 0 Å². The molecule has 0 radical (unpaired) electrons. The number of benzene rings is 1. The van der Waals surface area contributed by atoms with Gasteiger partial charge in [-0.05, 0) is 51.6 Å². The minimum atomic E-state index is -0.0704. The van der Waals surface area contributed by atoms with Gasteiger partial charge in [0.1, 0.15) is 5.82 Å². The van der Waals surface area contributed by atoms with Gasteiger partial charge >= 0.3 is 0 Å². The lowest BCUT2D eigenvalue weighted by molar-refractivity contribution is -0.125. The molecule has 0 spiro atoms. The first-order valence-corrected chi connectivity index (χ1v) is 10.4. The lowest BCUT2D eigenvalue weighted by Gasteiger charge is -2.17. The van der Waals surface area contributed by atoms with Crippen molar-refractivity contribution in [3.05, 3.63) is 51.9 Å². The largest absolute Gasteiger partial charge is 0.355 e. The van der Waals surface area contributed by atoms with E-state index in [0.717, 1.165) is 42.9 Å². The Bertz CT molecular complexity index is 872. The summed E-state index contributed by atoms with van der Waals surface area (Å²) in [6.07, 6.45) is 5.26. The summed E-state index contributed by atoms with van der Waals surface area (Å²) in [5.74, 6) is 0.678. The fourth-order valence-corrected chi connectivity index (χ4v) is 4.27. The van der Waals surface area contributed by atoms with E-state index >= 15 is 0 Å². The average Bonchev–Trinajstić information content (AvgIpc) is 3.13. The molecule has 1 aliphatic heterocycles. The second kappa shape index (κ2) is 8.69. The molecule has 0 saturated carbocycles. The fourth-order valence-electron chi connectivity index (χ4n) is 4.27. The Kier molecular flexibility index (Phi) is 5.86. The number of rotatable bonds is 5. The van der Waals surface area contributed by atoms with Crippen LogP contribution in [-0.2, 0) is 17.6 Å². The van der Waals surface area contributed by atoms with Crippen LogP contribution in [0.4, 0.5) is 0 Å². The maximum Gasteiger partial charge on any atom is 0.254 e. The molecule has 1 unspecified atom stereocenters. The zero-order valence-electron chi connectivity index (χ0n) is 16.2. The third kappa shape index (κ3) is 4.33. The van der Waals surface area contributed by atoms with E-state index in [1.165, 1.54) is 12.8 Å². The molecule has 28 heavy (non-hydrogen) atoms. The molecule has 148 valence electrons. The van der Waals surface area contributed by atoms with Crippen molar-refractivity contribution in [3.8, 4) is 11.4 Å². The van der Waals surface area contributed by atoms with Crippen molar-refractivity contribution in [2.45, 2.75) is 38.5 Å². The smallest absolute Gasteiger partial charge is 0.254 e. The summed E-state index contributed by atoms with van der Waals surface area (Å²) in [6.45, 7) is 3.93. The minimum Gasteiger partial charge on any atom is -0.355 e. The Morgan fingerprint density at radius 2 is 1.89 bits per heavy atom. The lowest BCUT2D eigenvalue weighted by atomic mass is 9.99. The van der Waals surface area contributed by atoms with Gasteiger partial charge in [-0.15, -0.1) is 0 Å². The maximum absolute atomic E-state index is 12.6. The summed E-state index contributed by atoms with van der Waals surface area (Å²) in [4.78, 5) is 35.3. The highest BCUT2D eigenvalue weighted by molar-refractivity contribution is 5.78. The third-order valence-electron chi connectivity index (χ3n) is 5.92. The highest BCUT2D eigenvalue weighted by Crippen LogP contribution is 2.23. The summed E-state index contributed by atoms with van der Waals surface area (Å²) in [5, 5.41) is 3.10. The van der Waals surface area contributed by atoms with Crippen LogP contribution in [0.1, 0.15) is 36.9 Å². The molecule has 6 nitrogen and oxygen atoms in total. The van der Waals surface area contributed by atoms with Crippen LogP contribution in [0.3, 0.4) is 0 Å². The molecule has 2 aromatic rings. The second-order valence-corrected chi connectivity index (χ2v) is 7.82. The van der Waals surface area contributed by atoms with Crippen LogP contribution in [0, 0.1) is 5.92 Å². The van der Waals surface area contributed by atoms with E-state index in [0.29, 0.717) is 31.6 Å². The lowest BCUT2D eigenvalue weighted by Crippen LogP contribution is -2.37. The van der Waals surface area contributed by atoms with Gasteiger partial charge in [0, 0.05) is 30.1 Å². The summed E-state index contributed by atoms with van der Waals surface area (Å²) in [5.41, 5.74) is 2.42. The third-order valence-corrected chi connectivity index (χ3v) is 5.92. The number of carbonyl (C=O) groups excluding carboxylic acids is 1.